The second-order valence-electron chi connectivity index (χ2n) is 4.95. The highest BCUT2D eigenvalue weighted by atomic mass is 16.5. The molecule has 0 bridgehead atoms. The highest BCUT2D eigenvalue weighted by molar-refractivity contribution is 5.80. The average Bonchev–Trinajstić information content (AvgIpc) is 2.90. The van der Waals surface area contributed by atoms with Crippen molar-refractivity contribution in [3.63, 3.8) is 0 Å². The van der Waals surface area contributed by atoms with Crippen molar-refractivity contribution >= 4 is 12.1 Å². The van der Waals surface area contributed by atoms with Crippen LogP contribution in [0.2, 0.25) is 0 Å². The molecule has 1 aromatic rings. The van der Waals surface area contributed by atoms with E-state index in [1.165, 1.54) is 0 Å². The molecule has 0 aromatic heterocycles. The van der Waals surface area contributed by atoms with Crippen LogP contribution in [0, 0.1) is 0 Å². The van der Waals surface area contributed by atoms with Crippen LogP contribution in [0.15, 0.2) is 24.3 Å². The van der Waals surface area contributed by atoms with Crippen LogP contribution in [0.25, 0.3) is 0 Å². The summed E-state index contributed by atoms with van der Waals surface area (Å²) in [4.78, 5) is 23.1. The Kier molecular flexibility index (Phi) is 4.64. The van der Waals surface area contributed by atoms with Crippen molar-refractivity contribution in [2.24, 2.45) is 0 Å². The normalized spacial score (nSPS) is 21.3. The van der Waals surface area contributed by atoms with Gasteiger partial charge in [-0.15, -0.1) is 0 Å². The van der Waals surface area contributed by atoms with Gasteiger partial charge in [0.25, 0.3) is 0 Å². The van der Waals surface area contributed by atoms with Gasteiger partial charge >= 0.3 is 12.1 Å². The Morgan fingerprint density at radius 3 is 2.76 bits per heavy atom. The lowest BCUT2D eigenvalue weighted by Gasteiger charge is -2.16. The van der Waals surface area contributed by atoms with Gasteiger partial charge in [-0.3, -0.25) is 4.90 Å². The topological polar surface area (TPSA) is 99.1 Å². The largest absolute Gasteiger partial charge is 0.497 e. The Morgan fingerprint density at radius 1 is 1.43 bits per heavy atom. The Balaban J connectivity index is 1.95. The first-order chi connectivity index (χ1) is 10.0. The van der Waals surface area contributed by atoms with Crippen molar-refractivity contribution in [1.29, 1.82) is 0 Å². The second-order valence-corrected chi connectivity index (χ2v) is 4.95. The molecule has 0 saturated carbocycles. The van der Waals surface area contributed by atoms with Crippen molar-refractivity contribution in [3.8, 4) is 5.75 Å². The number of hydrogen-bond donors (Lipinski definition) is 3. The summed E-state index contributed by atoms with van der Waals surface area (Å²) in [6.45, 7) is 0.706. The van der Waals surface area contributed by atoms with Crippen molar-refractivity contribution < 1.29 is 24.5 Å². The molecule has 1 aromatic carbocycles. The van der Waals surface area contributed by atoms with E-state index in [2.05, 4.69) is 5.32 Å². The first kappa shape index (κ1) is 15.1. The van der Waals surface area contributed by atoms with Gasteiger partial charge in [0.05, 0.1) is 7.11 Å². The third kappa shape index (κ3) is 3.63. The van der Waals surface area contributed by atoms with E-state index >= 15 is 0 Å². The number of likely N-dealkylation sites (tertiary alicyclic amines) is 1. The molecule has 21 heavy (non-hydrogen) atoms. The Bertz CT molecular complexity index is 512. The van der Waals surface area contributed by atoms with Crippen LogP contribution in [0.5, 0.6) is 5.75 Å². The predicted octanol–water partition coefficient (Wildman–Crippen LogP) is 0.990. The smallest absolute Gasteiger partial charge is 0.408 e. The number of benzene rings is 1. The van der Waals surface area contributed by atoms with E-state index in [9.17, 15) is 9.59 Å². The van der Waals surface area contributed by atoms with Gasteiger partial charge in [0, 0.05) is 19.1 Å². The standard InChI is InChI=1S/C14H18N2O5/c1-21-11-4-2-3-9(5-11)7-15-10-6-12(13(17)18)16(8-10)14(19)20/h2-5,10,12,15H,6-8H2,1H3,(H,17,18)(H,19,20)/t10-,12+/m1/s1. The molecule has 3 N–H and O–H groups in total. The molecule has 1 aliphatic heterocycles. The molecule has 114 valence electrons. The summed E-state index contributed by atoms with van der Waals surface area (Å²) in [5, 5.41) is 21.3. The molecular formula is C14H18N2O5. The van der Waals surface area contributed by atoms with Crippen LogP contribution in [0.1, 0.15) is 12.0 Å². The van der Waals surface area contributed by atoms with E-state index in [1.807, 2.05) is 24.3 Å². The lowest BCUT2D eigenvalue weighted by molar-refractivity contribution is -0.141. The highest BCUT2D eigenvalue weighted by Gasteiger charge is 2.39. The predicted molar refractivity (Wildman–Crippen MR) is 74.4 cm³/mol. The lowest BCUT2D eigenvalue weighted by Crippen LogP contribution is -2.40. The molecule has 1 amide bonds. The van der Waals surface area contributed by atoms with E-state index < -0.39 is 18.1 Å². The molecule has 1 saturated heterocycles. The summed E-state index contributed by atoms with van der Waals surface area (Å²) in [6, 6.07) is 6.36. The molecule has 0 radical (unpaired) electrons. The van der Waals surface area contributed by atoms with Crippen molar-refractivity contribution in [2.75, 3.05) is 13.7 Å². The zero-order valence-electron chi connectivity index (χ0n) is 11.7. The molecule has 2 atom stereocenters. The van der Waals surface area contributed by atoms with Gasteiger partial charge in [0.15, 0.2) is 0 Å². The van der Waals surface area contributed by atoms with E-state index in [1.54, 1.807) is 7.11 Å². The summed E-state index contributed by atoms with van der Waals surface area (Å²) in [6.07, 6.45) is -0.931. The fraction of sp³-hybridized carbons (Fsp3) is 0.429. The van der Waals surface area contributed by atoms with Gasteiger partial charge in [-0.2, -0.15) is 0 Å². The summed E-state index contributed by atoms with van der Waals surface area (Å²) in [5.74, 6) is -0.362. The van der Waals surface area contributed by atoms with Crippen LogP contribution in [0.4, 0.5) is 4.79 Å². The maximum atomic E-state index is 11.1. The minimum Gasteiger partial charge on any atom is -0.497 e. The fourth-order valence-electron chi connectivity index (χ4n) is 2.47. The molecule has 0 unspecified atom stereocenters. The van der Waals surface area contributed by atoms with Gasteiger partial charge in [-0.25, -0.2) is 9.59 Å². The van der Waals surface area contributed by atoms with Gasteiger partial charge in [0.1, 0.15) is 11.8 Å². The van der Waals surface area contributed by atoms with E-state index in [0.29, 0.717) is 6.54 Å². The van der Waals surface area contributed by atoms with Crippen LogP contribution in [0.3, 0.4) is 0 Å². The number of methoxy groups -OCH3 is 1. The molecule has 7 heteroatoms. The van der Waals surface area contributed by atoms with E-state index in [-0.39, 0.29) is 19.0 Å². The lowest BCUT2D eigenvalue weighted by atomic mass is 10.1. The van der Waals surface area contributed by atoms with Crippen LogP contribution >= 0.6 is 0 Å². The van der Waals surface area contributed by atoms with Crippen LogP contribution in [-0.4, -0.2) is 52.9 Å². The number of rotatable bonds is 5. The van der Waals surface area contributed by atoms with E-state index in [0.717, 1.165) is 16.2 Å². The fourth-order valence-corrected chi connectivity index (χ4v) is 2.47. The molecule has 0 aliphatic carbocycles. The third-order valence-electron chi connectivity index (χ3n) is 3.56. The van der Waals surface area contributed by atoms with Crippen molar-refractivity contribution in [1.82, 2.24) is 10.2 Å². The number of hydrogen-bond acceptors (Lipinski definition) is 4. The minimum atomic E-state index is -1.20. The number of amides is 1. The Morgan fingerprint density at radius 2 is 2.19 bits per heavy atom. The first-order valence-electron chi connectivity index (χ1n) is 6.60. The molecule has 1 heterocycles. The van der Waals surface area contributed by atoms with Gasteiger partial charge < -0.3 is 20.3 Å². The summed E-state index contributed by atoms with van der Waals surface area (Å²) < 4.78 is 5.13. The van der Waals surface area contributed by atoms with Crippen molar-refractivity contribution in [2.45, 2.75) is 25.0 Å². The molecule has 2 rings (SSSR count). The SMILES string of the molecule is COc1cccc(CN[C@@H]2C[C@@H](C(=O)O)N(C(=O)O)C2)c1. The zero-order chi connectivity index (χ0) is 15.4. The average molecular weight is 294 g/mol. The third-order valence-corrected chi connectivity index (χ3v) is 3.56. The van der Waals surface area contributed by atoms with Crippen LogP contribution < -0.4 is 10.1 Å². The number of nitrogens with zero attached hydrogens (tertiary/aromatic N) is 1. The highest BCUT2D eigenvalue weighted by Crippen LogP contribution is 2.19. The summed E-state index contributed by atoms with van der Waals surface area (Å²) in [7, 11) is 1.59. The number of ether oxygens (including phenoxy) is 1. The quantitative estimate of drug-likeness (QED) is 0.749. The number of nitrogens with one attached hydrogen (secondary N) is 1. The van der Waals surface area contributed by atoms with Crippen LogP contribution in [-0.2, 0) is 11.3 Å². The Labute approximate surface area is 122 Å². The molecular weight excluding hydrogens is 276 g/mol. The van der Waals surface area contributed by atoms with Gasteiger partial charge in [0.2, 0.25) is 0 Å². The first-order valence-corrected chi connectivity index (χ1v) is 6.60. The summed E-state index contributed by atoms with van der Waals surface area (Å²) >= 11 is 0. The number of aliphatic carboxylic acids is 1. The zero-order valence-corrected chi connectivity index (χ0v) is 11.7. The monoisotopic (exact) mass is 294 g/mol. The number of carboxylic acids is 1. The maximum Gasteiger partial charge on any atom is 0.408 e. The van der Waals surface area contributed by atoms with Gasteiger partial charge in [-0.1, -0.05) is 12.1 Å². The number of carboxylic acid groups (broad SMARTS) is 2. The minimum absolute atomic E-state index is 0.173. The molecule has 1 fully saturated rings. The summed E-state index contributed by atoms with van der Waals surface area (Å²) in [5.41, 5.74) is 0.995. The van der Waals surface area contributed by atoms with Gasteiger partial charge in [-0.05, 0) is 24.1 Å². The Hall–Kier alpha value is -2.28. The molecule has 1 aliphatic rings. The number of carbonyl (C=O) groups is 2. The molecule has 0 spiro atoms. The second kappa shape index (κ2) is 6.45. The van der Waals surface area contributed by atoms with Crippen molar-refractivity contribution in [3.05, 3.63) is 29.8 Å². The molecule has 7 nitrogen and oxygen atoms in total. The van der Waals surface area contributed by atoms with E-state index in [4.69, 9.17) is 14.9 Å². The maximum absolute atomic E-state index is 11.1.